The van der Waals surface area contributed by atoms with Gasteiger partial charge in [0.25, 0.3) is 12.4 Å². The van der Waals surface area contributed by atoms with Crippen LogP contribution in [-0.2, 0) is 0 Å². The normalized spacial score (nSPS) is 31.5. The largest absolute Gasteiger partial charge is 0.273 e. The zero-order valence-corrected chi connectivity index (χ0v) is 8.95. The van der Waals surface area contributed by atoms with Crippen LogP contribution in [0.5, 0.6) is 0 Å². The molecule has 0 atom stereocenters. The molecule has 6 heteroatoms. The molecule has 1 aliphatic rings. The van der Waals surface area contributed by atoms with Gasteiger partial charge in [-0.15, -0.1) is 44.3 Å². The van der Waals surface area contributed by atoms with Crippen molar-refractivity contribution in [1.82, 2.24) is 0 Å². The average molecular weight is 226 g/mol. The molecule has 0 bridgehead atoms. The van der Waals surface area contributed by atoms with Crippen LogP contribution in [0.15, 0.2) is 0 Å². The molecule has 0 aromatic rings. The Morgan fingerprint density at radius 3 is 1.00 bits per heavy atom. The molecule has 1 rings (SSSR count). The van der Waals surface area contributed by atoms with E-state index >= 15 is 0 Å². The Balaban J connectivity index is 2.63. The minimum atomic E-state index is -2.06. The van der Waals surface area contributed by atoms with Gasteiger partial charge >= 0.3 is 0 Å². The van der Waals surface area contributed by atoms with Crippen molar-refractivity contribution in [3.8, 4) is 0 Å². The summed E-state index contributed by atoms with van der Waals surface area (Å²) in [7, 11) is 0. The first-order valence-electron chi connectivity index (χ1n) is 2.21. The zero-order chi connectivity index (χ0) is 6.41. The summed E-state index contributed by atoms with van der Waals surface area (Å²) in [5.41, 5.74) is 0. The summed E-state index contributed by atoms with van der Waals surface area (Å²) in [6, 6.07) is 1.77. The standard InChI is InChI=1S/C2H4Cl4Si2/c3-7(4)1-2-8(7,5)6/h1-2H2. The highest BCUT2D eigenvalue weighted by Gasteiger charge is 2.61. The predicted molar refractivity (Wildman–Crippen MR) is 44.5 cm³/mol. The van der Waals surface area contributed by atoms with Crippen molar-refractivity contribution in [1.29, 1.82) is 0 Å². The molecule has 0 spiro atoms. The van der Waals surface area contributed by atoms with Crippen LogP contribution < -0.4 is 0 Å². The van der Waals surface area contributed by atoms with Crippen molar-refractivity contribution >= 4 is 56.7 Å². The summed E-state index contributed by atoms with van der Waals surface area (Å²) in [4.78, 5) is 0. The van der Waals surface area contributed by atoms with Gasteiger partial charge in [-0.1, -0.05) is 0 Å². The molecule has 0 amide bonds. The molecule has 0 nitrogen and oxygen atoms in total. The SMILES string of the molecule is Cl[Si]1(Cl)CC[Si]1(Cl)Cl. The van der Waals surface area contributed by atoms with Gasteiger partial charge in [0.2, 0.25) is 0 Å². The number of halogens is 4. The molecule has 0 radical (unpaired) electrons. The lowest BCUT2D eigenvalue weighted by Gasteiger charge is -2.37. The van der Waals surface area contributed by atoms with Crippen LogP contribution in [0.25, 0.3) is 0 Å². The van der Waals surface area contributed by atoms with E-state index < -0.39 is 12.4 Å². The van der Waals surface area contributed by atoms with Gasteiger partial charge in [-0.2, -0.15) is 0 Å². The smallest absolute Gasteiger partial charge is 0.147 e. The molecule has 0 N–H and O–H groups in total. The molecule has 48 valence electrons. The maximum atomic E-state index is 5.80. The third-order valence-electron chi connectivity index (χ3n) is 1.29. The second kappa shape index (κ2) is 2.04. The van der Waals surface area contributed by atoms with E-state index in [-0.39, 0.29) is 0 Å². The molecule has 1 fully saturated rings. The minimum absolute atomic E-state index is 0.884. The monoisotopic (exact) mass is 224 g/mol. The maximum absolute atomic E-state index is 5.80. The molecule has 0 aliphatic carbocycles. The Bertz CT molecular complexity index is 96.6. The maximum Gasteiger partial charge on any atom is 0.273 e. The van der Waals surface area contributed by atoms with Gasteiger partial charge in [0, 0.05) is 0 Å². The first-order chi connectivity index (χ1) is 3.46. The Labute approximate surface area is 68.7 Å². The zero-order valence-electron chi connectivity index (χ0n) is 3.93. The average Bonchev–Trinajstić information content (AvgIpc) is 1.64. The molecule has 0 aromatic carbocycles. The summed E-state index contributed by atoms with van der Waals surface area (Å²) in [6.45, 7) is 0. The summed E-state index contributed by atoms with van der Waals surface area (Å²) < 4.78 is 0. The van der Waals surface area contributed by atoms with Crippen LogP contribution in [0.3, 0.4) is 0 Å². The number of hydrogen-bond donors (Lipinski definition) is 0. The quantitative estimate of drug-likeness (QED) is 0.440. The van der Waals surface area contributed by atoms with Gasteiger partial charge in [-0.25, -0.2) is 0 Å². The lowest BCUT2D eigenvalue weighted by molar-refractivity contribution is 1.36. The Morgan fingerprint density at radius 1 is 0.750 bits per heavy atom. The van der Waals surface area contributed by atoms with E-state index in [4.69, 9.17) is 44.3 Å². The molecule has 1 aliphatic heterocycles. The lowest BCUT2D eigenvalue weighted by Crippen LogP contribution is -2.56. The van der Waals surface area contributed by atoms with Gasteiger partial charge in [-0.3, -0.25) is 0 Å². The molecule has 8 heavy (non-hydrogen) atoms. The van der Waals surface area contributed by atoms with E-state index in [9.17, 15) is 0 Å². The van der Waals surface area contributed by atoms with Gasteiger partial charge in [-0.05, 0) is 12.1 Å². The van der Waals surface area contributed by atoms with Crippen molar-refractivity contribution < 1.29 is 0 Å². The third-order valence-corrected chi connectivity index (χ3v) is 26.7. The van der Waals surface area contributed by atoms with Crippen molar-refractivity contribution in [3.63, 3.8) is 0 Å². The first kappa shape index (κ1) is 7.70. The second-order valence-electron chi connectivity index (χ2n) is 1.91. The summed E-state index contributed by atoms with van der Waals surface area (Å²) in [6.07, 6.45) is -4.13. The van der Waals surface area contributed by atoms with Gasteiger partial charge in [0.15, 0.2) is 0 Å². The van der Waals surface area contributed by atoms with E-state index in [1.165, 1.54) is 0 Å². The van der Waals surface area contributed by atoms with E-state index in [0.717, 1.165) is 12.1 Å². The van der Waals surface area contributed by atoms with E-state index in [0.29, 0.717) is 0 Å². The summed E-state index contributed by atoms with van der Waals surface area (Å²) in [5.74, 6) is 0. The Hall–Kier alpha value is 1.59. The number of rotatable bonds is 0. The lowest BCUT2D eigenvalue weighted by atomic mass is 10.9. The van der Waals surface area contributed by atoms with Crippen LogP contribution in [0, 0.1) is 0 Å². The van der Waals surface area contributed by atoms with E-state index in [1.807, 2.05) is 0 Å². The Kier molecular flexibility index (Phi) is 1.96. The highest BCUT2D eigenvalue weighted by Crippen LogP contribution is 2.50. The van der Waals surface area contributed by atoms with Crippen molar-refractivity contribution in [2.45, 2.75) is 12.1 Å². The van der Waals surface area contributed by atoms with E-state index in [1.54, 1.807) is 0 Å². The van der Waals surface area contributed by atoms with Crippen molar-refractivity contribution in [3.05, 3.63) is 0 Å². The molecular weight excluding hydrogens is 222 g/mol. The van der Waals surface area contributed by atoms with Gasteiger partial charge < -0.3 is 0 Å². The molecule has 1 heterocycles. The van der Waals surface area contributed by atoms with Crippen LogP contribution in [0.1, 0.15) is 0 Å². The Morgan fingerprint density at radius 2 is 1.00 bits per heavy atom. The van der Waals surface area contributed by atoms with Crippen LogP contribution in [-0.4, -0.2) is 12.4 Å². The van der Waals surface area contributed by atoms with Crippen LogP contribution in [0.2, 0.25) is 12.1 Å². The van der Waals surface area contributed by atoms with Crippen LogP contribution >= 0.6 is 44.3 Å². The molecule has 1 saturated heterocycles. The fourth-order valence-electron chi connectivity index (χ4n) is 0.503. The minimum Gasteiger partial charge on any atom is -0.147 e. The topological polar surface area (TPSA) is 0 Å². The molecular formula is C2H4Cl4Si2. The summed E-state index contributed by atoms with van der Waals surface area (Å²) >= 11 is 23.2. The molecule has 0 saturated carbocycles. The third kappa shape index (κ3) is 1.07. The van der Waals surface area contributed by atoms with Crippen molar-refractivity contribution in [2.24, 2.45) is 0 Å². The summed E-state index contributed by atoms with van der Waals surface area (Å²) in [5, 5.41) is 0. The second-order valence-corrected chi connectivity index (χ2v) is 23.6. The van der Waals surface area contributed by atoms with Gasteiger partial charge in [0.1, 0.15) is 0 Å². The molecule has 0 unspecified atom stereocenters. The van der Waals surface area contributed by atoms with Crippen LogP contribution in [0.4, 0.5) is 0 Å². The highest BCUT2D eigenvalue weighted by molar-refractivity contribution is 7.95. The molecule has 0 aromatic heterocycles. The highest BCUT2D eigenvalue weighted by atomic mass is 35.8. The fourth-order valence-corrected chi connectivity index (χ4v) is 11.3. The van der Waals surface area contributed by atoms with E-state index in [2.05, 4.69) is 0 Å². The first-order valence-corrected chi connectivity index (χ1v) is 11.7. The van der Waals surface area contributed by atoms with Gasteiger partial charge in [0.05, 0.1) is 0 Å². The number of hydrogen-bond acceptors (Lipinski definition) is 0. The predicted octanol–water partition coefficient (Wildman–Crippen LogP) is 2.92. The van der Waals surface area contributed by atoms with Crippen molar-refractivity contribution in [2.75, 3.05) is 0 Å². The fraction of sp³-hybridized carbons (Fsp3) is 1.00.